The summed E-state index contributed by atoms with van der Waals surface area (Å²) in [5.41, 5.74) is 3.93. The summed E-state index contributed by atoms with van der Waals surface area (Å²) in [6.07, 6.45) is 7.95. The molecule has 2 aliphatic rings. The molecule has 3 aromatic rings. The lowest BCUT2D eigenvalue weighted by molar-refractivity contribution is 0.230. The summed E-state index contributed by atoms with van der Waals surface area (Å²) in [5, 5.41) is 23.2. The van der Waals surface area contributed by atoms with Gasteiger partial charge in [-0.25, -0.2) is 15.0 Å². The zero-order valence-corrected chi connectivity index (χ0v) is 20.4. The molecule has 5 rings (SSSR count). The Morgan fingerprint density at radius 2 is 1.79 bits per heavy atom. The summed E-state index contributed by atoms with van der Waals surface area (Å²) in [6.45, 7) is 2.02. The number of pyridine rings is 1. The van der Waals surface area contributed by atoms with Crippen molar-refractivity contribution in [1.29, 1.82) is 0 Å². The van der Waals surface area contributed by atoms with E-state index in [1.165, 1.54) is 22.9 Å². The highest BCUT2D eigenvalue weighted by Gasteiger charge is 2.40. The van der Waals surface area contributed by atoms with Crippen LogP contribution in [0.25, 0.3) is 0 Å². The maximum atomic E-state index is 10.1. The lowest BCUT2D eigenvalue weighted by Crippen LogP contribution is -2.41. The average molecular weight is 498 g/mol. The molecule has 1 fully saturated rings. The Hall–Kier alpha value is -2.39. The van der Waals surface area contributed by atoms with Gasteiger partial charge >= 0.3 is 0 Å². The van der Waals surface area contributed by atoms with Gasteiger partial charge in [-0.15, -0.1) is 0 Å². The van der Waals surface area contributed by atoms with Gasteiger partial charge in [-0.05, 0) is 48.3 Å². The molecule has 0 unspecified atom stereocenters. The molecule has 0 bridgehead atoms. The van der Waals surface area contributed by atoms with Gasteiger partial charge in [0.2, 0.25) is 0 Å². The third kappa shape index (κ3) is 4.73. The number of halogens is 1. The molecule has 0 amide bonds. The average Bonchev–Trinajstić information content (AvgIpc) is 3.22. The maximum Gasteiger partial charge on any atom is 0.152 e. The molecule has 0 radical (unpaired) electrons. The molecule has 178 valence electrons. The van der Waals surface area contributed by atoms with E-state index >= 15 is 0 Å². The number of nitrogens with zero attached hydrogens (tertiary/aromatic N) is 4. The summed E-state index contributed by atoms with van der Waals surface area (Å²) >= 11 is 7.86. The number of aliphatic hydroxyl groups excluding tert-OH is 2. The second-order valence-electron chi connectivity index (χ2n) is 8.97. The Morgan fingerprint density at radius 1 is 1.06 bits per heavy atom. The zero-order valence-electron chi connectivity index (χ0n) is 18.9. The Balaban J connectivity index is 1.28. The van der Waals surface area contributed by atoms with E-state index in [4.69, 9.17) is 21.7 Å². The van der Waals surface area contributed by atoms with Gasteiger partial charge in [-0.3, -0.25) is 0 Å². The molecule has 1 aromatic carbocycles. The molecule has 0 saturated carbocycles. The van der Waals surface area contributed by atoms with Gasteiger partial charge < -0.3 is 20.4 Å². The molecule has 0 atom stereocenters. The van der Waals surface area contributed by atoms with E-state index < -0.39 is 0 Å². The van der Waals surface area contributed by atoms with E-state index in [2.05, 4.69) is 44.5 Å². The van der Waals surface area contributed by atoms with Gasteiger partial charge in [0.15, 0.2) is 5.82 Å². The first-order chi connectivity index (χ1) is 16.6. The first-order valence-corrected chi connectivity index (χ1v) is 12.8. The van der Waals surface area contributed by atoms with Crippen molar-refractivity contribution in [3.63, 3.8) is 0 Å². The van der Waals surface area contributed by atoms with E-state index in [0.717, 1.165) is 49.5 Å². The molecular weight excluding hydrogens is 470 g/mol. The fourth-order valence-electron chi connectivity index (χ4n) is 5.06. The zero-order chi connectivity index (χ0) is 23.5. The summed E-state index contributed by atoms with van der Waals surface area (Å²) in [6, 6.07) is 10.6. The minimum absolute atomic E-state index is 0.00721. The molecule has 3 N–H and O–H groups in total. The molecule has 1 aliphatic carbocycles. The summed E-state index contributed by atoms with van der Waals surface area (Å²) < 4.78 is 0. The first kappa shape index (κ1) is 23.4. The number of rotatable bonds is 7. The highest BCUT2D eigenvalue weighted by Crippen LogP contribution is 2.45. The van der Waals surface area contributed by atoms with Crippen LogP contribution in [0.3, 0.4) is 0 Å². The number of aromatic nitrogens is 3. The maximum absolute atomic E-state index is 10.1. The monoisotopic (exact) mass is 497 g/mol. The second-order valence-corrected chi connectivity index (χ2v) is 10.4. The highest BCUT2D eigenvalue weighted by atomic mass is 35.5. The number of aliphatic hydroxyl groups is 2. The van der Waals surface area contributed by atoms with Gasteiger partial charge in [-0.1, -0.05) is 47.6 Å². The SMILES string of the molecule is OCCNc1nccc(Sc2cnc(N3CCC4(CC3)Cc3ccccc3C4)c(CO)n2)c1Cl. The standard InChI is InChI=1S/C25H28ClN5O2S/c26-22-20(5-8-27-23(22)28-9-12-32)34-21-15-29-24(19(16-33)30-21)31-10-6-25(7-11-31)13-17-3-1-2-4-18(17)14-25/h1-5,8,15,32-33H,6-7,9-14,16H2,(H,27,28). The molecule has 2 aromatic heterocycles. The van der Waals surface area contributed by atoms with E-state index in [1.807, 2.05) is 6.07 Å². The smallest absolute Gasteiger partial charge is 0.152 e. The van der Waals surface area contributed by atoms with Gasteiger partial charge in [0.05, 0.1) is 24.4 Å². The minimum Gasteiger partial charge on any atom is -0.395 e. The van der Waals surface area contributed by atoms with Crippen molar-refractivity contribution in [1.82, 2.24) is 15.0 Å². The van der Waals surface area contributed by atoms with Gasteiger partial charge in [0.1, 0.15) is 16.5 Å². The van der Waals surface area contributed by atoms with Crippen LogP contribution >= 0.6 is 23.4 Å². The van der Waals surface area contributed by atoms with Crippen molar-refractivity contribution in [3.8, 4) is 0 Å². The molecule has 1 aliphatic heterocycles. The van der Waals surface area contributed by atoms with Crippen molar-refractivity contribution in [3.05, 3.63) is 64.6 Å². The van der Waals surface area contributed by atoms with E-state index in [-0.39, 0.29) is 13.2 Å². The van der Waals surface area contributed by atoms with Gasteiger partial charge in [0, 0.05) is 30.7 Å². The minimum atomic E-state index is -0.169. The molecular formula is C25H28ClN5O2S. The molecule has 1 spiro atoms. The van der Waals surface area contributed by atoms with Crippen LogP contribution in [0.4, 0.5) is 11.6 Å². The predicted molar refractivity (Wildman–Crippen MR) is 135 cm³/mol. The van der Waals surface area contributed by atoms with Crippen LogP contribution in [0.5, 0.6) is 0 Å². The number of hydrogen-bond acceptors (Lipinski definition) is 8. The van der Waals surface area contributed by atoms with Gasteiger partial charge in [0.25, 0.3) is 0 Å². The van der Waals surface area contributed by atoms with Crippen LogP contribution in [0.1, 0.15) is 29.7 Å². The molecule has 34 heavy (non-hydrogen) atoms. The van der Waals surface area contributed by atoms with Crippen LogP contribution in [-0.2, 0) is 19.4 Å². The van der Waals surface area contributed by atoms with E-state index in [1.54, 1.807) is 12.4 Å². The lowest BCUT2D eigenvalue weighted by atomic mass is 9.76. The first-order valence-electron chi connectivity index (χ1n) is 11.6. The Morgan fingerprint density at radius 3 is 2.47 bits per heavy atom. The Bertz CT molecular complexity index is 1140. The normalized spacial score (nSPS) is 16.6. The lowest BCUT2D eigenvalue weighted by Gasteiger charge is -2.40. The van der Waals surface area contributed by atoms with E-state index in [0.29, 0.717) is 33.5 Å². The van der Waals surface area contributed by atoms with Crippen molar-refractivity contribution < 1.29 is 10.2 Å². The molecule has 3 heterocycles. The van der Waals surface area contributed by atoms with Crippen LogP contribution in [0.2, 0.25) is 5.02 Å². The predicted octanol–water partition coefficient (Wildman–Crippen LogP) is 3.96. The van der Waals surface area contributed by atoms with Crippen molar-refractivity contribution >= 4 is 35.0 Å². The quantitative estimate of drug-likeness (QED) is 0.451. The molecule has 1 saturated heterocycles. The van der Waals surface area contributed by atoms with E-state index in [9.17, 15) is 5.11 Å². The number of fused-ring (bicyclic) bond motifs is 1. The van der Waals surface area contributed by atoms with Crippen LogP contribution in [-0.4, -0.2) is 51.4 Å². The number of anilines is 2. The molecule has 7 nitrogen and oxygen atoms in total. The fraction of sp³-hybridized carbons (Fsp3) is 0.400. The second kappa shape index (κ2) is 10.1. The largest absolute Gasteiger partial charge is 0.395 e. The van der Waals surface area contributed by atoms with Crippen LogP contribution in [0.15, 0.2) is 52.6 Å². The summed E-state index contributed by atoms with van der Waals surface area (Å²) in [7, 11) is 0. The Labute approximate surface area is 208 Å². The highest BCUT2D eigenvalue weighted by molar-refractivity contribution is 7.99. The third-order valence-corrected chi connectivity index (χ3v) is 8.26. The van der Waals surface area contributed by atoms with Crippen molar-refractivity contribution in [2.45, 2.75) is 42.2 Å². The van der Waals surface area contributed by atoms with Crippen LogP contribution < -0.4 is 10.2 Å². The third-order valence-electron chi connectivity index (χ3n) is 6.80. The Kier molecular flexibility index (Phi) is 6.92. The number of nitrogens with one attached hydrogen (secondary N) is 1. The summed E-state index contributed by atoms with van der Waals surface area (Å²) in [5.74, 6) is 1.28. The summed E-state index contributed by atoms with van der Waals surface area (Å²) in [4.78, 5) is 16.6. The van der Waals surface area contributed by atoms with Gasteiger partial charge in [-0.2, -0.15) is 0 Å². The van der Waals surface area contributed by atoms with Crippen LogP contribution in [0, 0.1) is 5.41 Å². The van der Waals surface area contributed by atoms with Crippen molar-refractivity contribution in [2.75, 3.05) is 36.5 Å². The topological polar surface area (TPSA) is 94.4 Å². The number of hydrogen-bond donors (Lipinski definition) is 3. The number of benzene rings is 1. The fourth-order valence-corrected chi connectivity index (χ4v) is 6.15. The number of piperidine rings is 1. The van der Waals surface area contributed by atoms with Crippen molar-refractivity contribution in [2.24, 2.45) is 5.41 Å². The molecule has 9 heteroatoms.